The third-order valence-electron chi connectivity index (χ3n) is 3.07. The topological polar surface area (TPSA) is 52.5 Å². The van der Waals surface area contributed by atoms with Crippen molar-refractivity contribution in [3.8, 4) is 11.5 Å². The first-order valence-corrected chi connectivity index (χ1v) is 6.06. The van der Waals surface area contributed by atoms with E-state index in [9.17, 15) is 14.6 Å². The van der Waals surface area contributed by atoms with Crippen LogP contribution >= 0.6 is 0 Å². The van der Waals surface area contributed by atoms with Gasteiger partial charge >= 0.3 is 0 Å². The number of phenols is 2. The number of para-hydroxylation sites is 1. The zero-order valence-corrected chi connectivity index (χ0v) is 10.6. The summed E-state index contributed by atoms with van der Waals surface area (Å²) in [5, 5.41) is 22.3. The highest BCUT2D eigenvalue weighted by Crippen LogP contribution is 2.28. The fourth-order valence-corrected chi connectivity index (χ4v) is 1.85. The van der Waals surface area contributed by atoms with Crippen LogP contribution in [0.3, 0.4) is 0 Å². The molecule has 2 aromatic carbocycles. The van der Waals surface area contributed by atoms with Gasteiger partial charge in [0.2, 0.25) is 0 Å². The maximum Gasteiger partial charge on any atom is 0.161 e. The highest BCUT2D eigenvalue weighted by Gasteiger charge is 2.08. The van der Waals surface area contributed by atoms with Gasteiger partial charge in [-0.15, -0.1) is 0 Å². The van der Waals surface area contributed by atoms with Crippen molar-refractivity contribution in [2.75, 3.05) is 0 Å². The molecule has 2 aromatic rings. The predicted molar refractivity (Wildman–Crippen MR) is 71.4 cm³/mol. The third-order valence-corrected chi connectivity index (χ3v) is 3.07. The van der Waals surface area contributed by atoms with Gasteiger partial charge in [-0.05, 0) is 30.7 Å². The van der Waals surface area contributed by atoms with Crippen molar-refractivity contribution in [1.29, 1.82) is 0 Å². The summed E-state index contributed by atoms with van der Waals surface area (Å²) >= 11 is 0. The lowest BCUT2D eigenvalue weighted by Gasteiger charge is -2.15. The molecule has 0 radical (unpaired) electrons. The van der Waals surface area contributed by atoms with Crippen molar-refractivity contribution < 1.29 is 14.6 Å². The van der Waals surface area contributed by atoms with E-state index in [0.717, 1.165) is 5.56 Å². The number of phenolic OH excluding ortho intramolecular Hbond substituents is 2. The van der Waals surface area contributed by atoms with Gasteiger partial charge in [-0.3, -0.25) is 0 Å². The zero-order chi connectivity index (χ0) is 13.8. The van der Waals surface area contributed by atoms with E-state index < -0.39 is 0 Å². The largest absolute Gasteiger partial charge is 0.504 e. The second-order valence-corrected chi connectivity index (χ2v) is 4.44. The summed E-state index contributed by atoms with van der Waals surface area (Å²) in [4.78, 5) is 0. The van der Waals surface area contributed by atoms with E-state index in [-0.39, 0.29) is 23.4 Å². The highest BCUT2D eigenvalue weighted by molar-refractivity contribution is 5.44. The molecule has 0 bridgehead atoms. The van der Waals surface area contributed by atoms with Crippen molar-refractivity contribution in [3.05, 3.63) is 59.4 Å². The Morgan fingerprint density at radius 1 is 1.11 bits per heavy atom. The number of hydrogen-bond donors (Lipinski definition) is 3. The second-order valence-electron chi connectivity index (χ2n) is 4.44. The lowest BCUT2D eigenvalue weighted by molar-refractivity contribution is 0.396. The number of nitrogens with one attached hydrogen (secondary N) is 1. The smallest absolute Gasteiger partial charge is 0.161 e. The Bertz CT molecular complexity index is 555. The van der Waals surface area contributed by atoms with Crippen LogP contribution in [0.25, 0.3) is 0 Å². The molecule has 2 rings (SSSR count). The van der Waals surface area contributed by atoms with Gasteiger partial charge in [0.1, 0.15) is 5.82 Å². The Morgan fingerprint density at radius 3 is 2.47 bits per heavy atom. The molecule has 0 fully saturated rings. The van der Waals surface area contributed by atoms with E-state index >= 15 is 0 Å². The van der Waals surface area contributed by atoms with Crippen molar-refractivity contribution in [3.63, 3.8) is 0 Å². The predicted octanol–water partition coefficient (Wildman–Crippen LogP) is 3.09. The SMILES string of the molecule is CC(NCc1cccc(O)c1O)c1ccc(F)cc1. The molecule has 0 spiro atoms. The Balaban J connectivity index is 2.02. The number of hydrogen-bond acceptors (Lipinski definition) is 3. The fraction of sp³-hybridized carbons (Fsp3) is 0.200. The van der Waals surface area contributed by atoms with Gasteiger partial charge in [0.05, 0.1) is 0 Å². The molecule has 3 N–H and O–H groups in total. The molecule has 19 heavy (non-hydrogen) atoms. The average Bonchev–Trinajstić information content (AvgIpc) is 2.41. The minimum Gasteiger partial charge on any atom is -0.504 e. The molecule has 0 saturated carbocycles. The zero-order valence-electron chi connectivity index (χ0n) is 10.6. The standard InChI is InChI=1S/C15H16FNO2/c1-10(11-5-7-13(16)8-6-11)17-9-12-3-2-4-14(18)15(12)19/h2-8,10,17-19H,9H2,1H3. The second kappa shape index (κ2) is 5.71. The maximum atomic E-state index is 12.8. The van der Waals surface area contributed by atoms with Gasteiger partial charge < -0.3 is 15.5 Å². The van der Waals surface area contributed by atoms with Crippen LogP contribution in [0, 0.1) is 5.82 Å². The lowest BCUT2D eigenvalue weighted by atomic mass is 10.1. The molecule has 1 atom stereocenters. The summed E-state index contributed by atoms with van der Waals surface area (Å²) < 4.78 is 12.8. The molecule has 0 saturated heterocycles. The Hall–Kier alpha value is -2.07. The molecule has 0 heterocycles. The Labute approximate surface area is 111 Å². The van der Waals surface area contributed by atoms with E-state index in [2.05, 4.69) is 5.32 Å². The minimum absolute atomic E-state index is 0.0161. The molecule has 4 heteroatoms. The molecule has 0 aliphatic rings. The first-order valence-electron chi connectivity index (χ1n) is 6.06. The van der Waals surface area contributed by atoms with Gasteiger partial charge in [-0.2, -0.15) is 0 Å². The van der Waals surface area contributed by atoms with Gasteiger partial charge in [0.15, 0.2) is 11.5 Å². The van der Waals surface area contributed by atoms with Crippen LogP contribution in [-0.4, -0.2) is 10.2 Å². The molecule has 0 aromatic heterocycles. The lowest BCUT2D eigenvalue weighted by Crippen LogP contribution is -2.18. The van der Waals surface area contributed by atoms with E-state index in [0.29, 0.717) is 12.1 Å². The van der Waals surface area contributed by atoms with Gasteiger partial charge in [0.25, 0.3) is 0 Å². The number of aromatic hydroxyl groups is 2. The maximum absolute atomic E-state index is 12.8. The summed E-state index contributed by atoms with van der Waals surface area (Å²) in [6, 6.07) is 11.1. The Morgan fingerprint density at radius 2 is 1.79 bits per heavy atom. The first kappa shape index (κ1) is 13.4. The van der Waals surface area contributed by atoms with Crippen LogP contribution in [0.15, 0.2) is 42.5 Å². The van der Waals surface area contributed by atoms with Crippen molar-refractivity contribution in [1.82, 2.24) is 5.32 Å². The highest BCUT2D eigenvalue weighted by atomic mass is 19.1. The summed E-state index contributed by atoms with van der Waals surface area (Å²) in [7, 11) is 0. The van der Waals surface area contributed by atoms with E-state index in [4.69, 9.17) is 0 Å². The quantitative estimate of drug-likeness (QED) is 0.741. The summed E-state index contributed by atoms with van der Waals surface area (Å²) in [5.41, 5.74) is 1.58. The number of rotatable bonds is 4. The van der Waals surface area contributed by atoms with Crippen LogP contribution in [0.2, 0.25) is 0 Å². The molecule has 0 aliphatic carbocycles. The molecule has 100 valence electrons. The molecule has 3 nitrogen and oxygen atoms in total. The minimum atomic E-state index is -0.262. The number of benzene rings is 2. The Kier molecular flexibility index (Phi) is 4.02. The summed E-state index contributed by atoms with van der Waals surface area (Å²) in [6.07, 6.45) is 0. The van der Waals surface area contributed by atoms with E-state index in [1.807, 2.05) is 6.92 Å². The molecule has 0 amide bonds. The summed E-state index contributed by atoms with van der Waals surface area (Å²) in [5.74, 6) is -0.503. The van der Waals surface area contributed by atoms with E-state index in [1.54, 1.807) is 24.3 Å². The van der Waals surface area contributed by atoms with Crippen molar-refractivity contribution >= 4 is 0 Å². The number of halogens is 1. The van der Waals surface area contributed by atoms with Crippen molar-refractivity contribution in [2.24, 2.45) is 0 Å². The van der Waals surface area contributed by atoms with Crippen LogP contribution in [-0.2, 0) is 6.54 Å². The van der Waals surface area contributed by atoms with Crippen LogP contribution in [0.4, 0.5) is 4.39 Å². The average molecular weight is 261 g/mol. The van der Waals surface area contributed by atoms with Crippen LogP contribution in [0.5, 0.6) is 11.5 Å². The molecular formula is C15H16FNO2. The normalized spacial score (nSPS) is 12.3. The first-order chi connectivity index (χ1) is 9.08. The van der Waals surface area contributed by atoms with Gasteiger partial charge in [0, 0.05) is 18.2 Å². The third kappa shape index (κ3) is 3.23. The fourth-order valence-electron chi connectivity index (χ4n) is 1.85. The van der Waals surface area contributed by atoms with Crippen LogP contribution in [0.1, 0.15) is 24.1 Å². The summed E-state index contributed by atoms with van der Waals surface area (Å²) in [6.45, 7) is 2.37. The molecule has 1 unspecified atom stereocenters. The van der Waals surface area contributed by atoms with Gasteiger partial charge in [-0.1, -0.05) is 24.3 Å². The van der Waals surface area contributed by atoms with Crippen LogP contribution < -0.4 is 5.32 Å². The molecular weight excluding hydrogens is 245 g/mol. The van der Waals surface area contributed by atoms with Gasteiger partial charge in [-0.25, -0.2) is 4.39 Å². The molecule has 0 aliphatic heterocycles. The van der Waals surface area contributed by atoms with Crippen molar-refractivity contribution in [2.45, 2.75) is 19.5 Å². The monoisotopic (exact) mass is 261 g/mol. The van der Waals surface area contributed by atoms with E-state index in [1.165, 1.54) is 18.2 Å².